The zero-order chi connectivity index (χ0) is 15.1. The third kappa shape index (κ3) is 4.44. The lowest BCUT2D eigenvalue weighted by Gasteiger charge is -2.05. The van der Waals surface area contributed by atoms with Gasteiger partial charge in [0.2, 0.25) is 0 Å². The van der Waals surface area contributed by atoms with Crippen molar-refractivity contribution in [3.05, 3.63) is 64.9 Å². The Morgan fingerprint density at radius 1 is 1.24 bits per heavy atom. The zero-order valence-electron chi connectivity index (χ0n) is 10.9. The number of aromatic nitrogens is 1. The first-order valence-corrected chi connectivity index (χ1v) is 6.83. The quantitative estimate of drug-likeness (QED) is 0.660. The highest BCUT2D eigenvalue weighted by atomic mass is 79.9. The number of carbonyl (C=O) groups excluding carboxylic acids is 1. The number of rotatable bonds is 4. The number of anilines is 2. The number of carbonyl (C=O) groups is 1. The fraction of sp³-hybridized carbons (Fsp3) is 0. The van der Waals surface area contributed by atoms with E-state index in [4.69, 9.17) is 5.26 Å². The van der Waals surface area contributed by atoms with Crippen molar-refractivity contribution < 1.29 is 4.79 Å². The van der Waals surface area contributed by atoms with Crippen molar-refractivity contribution in [3.63, 3.8) is 0 Å². The van der Waals surface area contributed by atoms with E-state index in [1.165, 1.54) is 6.20 Å². The molecular formula is C15H11BrN4O. The predicted octanol–water partition coefficient (Wildman–Crippen LogP) is 3.30. The number of nitriles is 1. The Bertz CT molecular complexity index is 690. The second-order valence-corrected chi connectivity index (χ2v) is 4.91. The summed E-state index contributed by atoms with van der Waals surface area (Å²) >= 11 is 3.31. The predicted molar refractivity (Wildman–Crippen MR) is 84.3 cm³/mol. The van der Waals surface area contributed by atoms with Crippen molar-refractivity contribution in [1.29, 1.82) is 5.26 Å². The number of hydrogen-bond acceptors (Lipinski definition) is 4. The van der Waals surface area contributed by atoms with Crippen molar-refractivity contribution in [2.24, 2.45) is 0 Å². The molecule has 0 bridgehead atoms. The molecule has 1 heterocycles. The fourth-order valence-corrected chi connectivity index (χ4v) is 1.74. The molecule has 1 aromatic heterocycles. The number of nitrogens with zero attached hydrogens (tertiary/aromatic N) is 2. The molecular weight excluding hydrogens is 332 g/mol. The topological polar surface area (TPSA) is 77.8 Å². The van der Waals surface area contributed by atoms with Gasteiger partial charge >= 0.3 is 0 Å². The Morgan fingerprint density at radius 2 is 2.00 bits per heavy atom. The Labute approximate surface area is 130 Å². The summed E-state index contributed by atoms with van der Waals surface area (Å²) in [5, 5.41) is 14.5. The molecule has 0 aliphatic carbocycles. The van der Waals surface area contributed by atoms with E-state index in [-0.39, 0.29) is 5.57 Å². The summed E-state index contributed by atoms with van der Waals surface area (Å²) in [6, 6.07) is 14.3. The van der Waals surface area contributed by atoms with E-state index in [2.05, 4.69) is 31.5 Å². The Balaban J connectivity index is 2.05. The van der Waals surface area contributed by atoms with Crippen molar-refractivity contribution in [3.8, 4) is 6.07 Å². The number of halogens is 1. The number of hydrogen-bond donors (Lipinski definition) is 2. The molecule has 0 atom stereocenters. The highest BCUT2D eigenvalue weighted by Gasteiger charge is 2.09. The van der Waals surface area contributed by atoms with Crippen LogP contribution < -0.4 is 10.6 Å². The summed E-state index contributed by atoms with van der Waals surface area (Å²) < 4.78 is 0.911. The lowest BCUT2D eigenvalue weighted by atomic mass is 10.2. The van der Waals surface area contributed by atoms with Gasteiger partial charge in [0.25, 0.3) is 5.91 Å². The Hall–Kier alpha value is -2.65. The van der Waals surface area contributed by atoms with Crippen LogP contribution in [0, 0.1) is 11.3 Å². The molecule has 2 aromatic rings. The molecule has 0 saturated carbocycles. The molecule has 0 unspecified atom stereocenters. The molecule has 0 spiro atoms. The van der Waals surface area contributed by atoms with Gasteiger partial charge in [-0.05, 0) is 36.4 Å². The van der Waals surface area contributed by atoms with Gasteiger partial charge in [-0.25, -0.2) is 4.98 Å². The number of pyridine rings is 1. The van der Waals surface area contributed by atoms with Gasteiger partial charge in [0, 0.05) is 22.6 Å². The average Bonchev–Trinajstić information content (AvgIpc) is 2.51. The minimum Gasteiger partial charge on any atom is -0.345 e. The lowest BCUT2D eigenvalue weighted by molar-refractivity contribution is -0.112. The van der Waals surface area contributed by atoms with Crippen molar-refractivity contribution in [1.82, 2.24) is 4.98 Å². The van der Waals surface area contributed by atoms with E-state index in [0.29, 0.717) is 11.5 Å². The van der Waals surface area contributed by atoms with Crippen LogP contribution >= 0.6 is 15.9 Å². The second kappa shape index (κ2) is 7.22. The standard InChI is InChI=1S/C15H11BrN4O/c16-12-4-6-13(7-5-12)20-15(21)11(9-17)10-19-14-3-1-2-8-18-14/h1-8,10H,(H,18,19)(H,20,21)/b11-10-. The van der Waals surface area contributed by atoms with Crippen LogP contribution in [-0.2, 0) is 4.79 Å². The molecule has 1 amide bonds. The zero-order valence-corrected chi connectivity index (χ0v) is 12.5. The third-order valence-electron chi connectivity index (χ3n) is 2.50. The van der Waals surface area contributed by atoms with Crippen LogP contribution in [0.2, 0.25) is 0 Å². The summed E-state index contributed by atoms with van der Waals surface area (Å²) in [5.74, 6) is 0.0740. The van der Waals surface area contributed by atoms with Crippen LogP contribution in [0.25, 0.3) is 0 Å². The van der Waals surface area contributed by atoms with Gasteiger partial charge in [-0.2, -0.15) is 5.26 Å². The van der Waals surface area contributed by atoms with E-state index in [9.17, 15) is 4.79 Å². The minimum atomic E-state index is -0.483. The highest BCUT2D eigenvalue weighted by Crippen LogP contribution is 2.14. The molecule has 0 saturated heterocycles. The fourth-order valence-electron chi connectivity index (χ4n) is 1.47. The molecule has 0 aliphatic heterocycles. The maximum absolute atomic E-state index is 12.0. The SMILES string of the molecule is N#C/C(=C/Nc1ccccn1)C(=O)Nc1ccc(Br)cc1. The summed E-state index contributed by atoms with van der Waals surface area (Å²) in [6.07, 6.45) is 2.95. The van der Waals surface area contributed by atoms with E-state index >= 15 is 0 Å². The van der Waals surface area contributed by atoms with Crippen LogP contribution in [0.15, 0.2) is 64.9 Å². The lowest BCUT2D eigenvalue weighted by Crippen LogP contribution is -2.14. The van der Waals surface area contributed by atoms with Crippen molar-refractivity contribution >= 4 is 33.3 Å². The Morgan fingerprint density at radius 3 is 2.62 bits per heavy atom. The summed E-state index contributed by atoms with van der Waals surface area (Å²) in [6.45, 7) is 0. The monoisotopic (exact) mass is 342 g/mol. The minimum absolute atomic E-state index is 0.0384. The summed E-state index contributed by atoms with van der Waals surface area (Å²) in [4.78, 5) is 16.0. The van der Waals surface area contributed by atoms with E-state index in [0.717, 1.165) is 4.47 Å². The first-order valence-electron chi connectivity index (χ1n) is 6.04. The molecule has 1 aromatic carbocycles. The molecule has 2 rings (SSSR count). The van der Waals surface area contributed by atoms with Crippen LogP contribution in [0.3, 0.4) is 0 Å². The van der Waals surface area contributed by atoms with Gasteiger partial charge in [-0.15, -0.1) is 0 Å². The van der Waals surface area contributed by atoms with Crippen LogP contribution in [-0.4, -0.2) is 10.9 Å². The normalized spacial score (nSPS) is 10.6. The van der Waals surface area contributed by atoms with Crippen molar-refractivity contribution in [2.45, 2.75) is 0 Å². The number of nitrogens with one attached hydrogen (secondary N) is 2. The van der Waals surface area contributed by atoms with Crippen LogP contribution in [0.5, 0.6) is 0 Å². The first kappa shape index (κ1) is 14.8. The van der Waals surface area contributed by atoms with Crippen LogP contribution in [0.1, 0.15) is 0 Å². The van der Waals surface area contributed by atoms with Gasteiger partial charge in [0.1, 0.15) is 17.5 Å². The van der Waals surface area contributed by atoms with Gasteiger partial charge < -0.3 is 10.6 Å². The third-order valence-corrected chi connectivity index (χ3v) is 3.03. The maximum Gasteiger partial charge on any atom is 0.267 e. The first-order chi connectivity index (χ1) is 10.2. The number of benzene rings is 1. The van der Waals surface area contributed by atoms with E-state index in [1.807, 2.05) is 6.07 Å². The highest BCUT2D eigenvalue weighted by molar-refractivity contribution is 9.10. The smallest absolute Gasteiger partial charge is 0.267 e. The van der Waals surface area contributed by atoms with Gasteiger partial charge in [-0.1, -0.05) is 22.0 Å². The molecule has 0 radical (unpaired) electrons. The van der Waals surface area contributed by atoms with Crippen LogP contribution in [0.4, 0.5) is 11.5 Å². The largest absolute Gasteiger partial charge is 0.345 e. The van der Waals surface area contributed by atoms with Gasteiger partial charge in [0.05, 0.1) is 0 Å². The molecule has 6 heteroatoms. The summed E-state index contributed by atoms with van der Waals surface area (Å²) in [7, 11) is 0. The number of amides is 1. The van der Waals surface area contributed by atoms with Gasteiger partial charge in [-0.3, -0.25) is 4.79 Å². The van der Waals surface area contributed by atoms with Crippen molar-refractivity contribution in [2.75, 3.05) is 10.6 Å². The maximum atomic E-state index is 12.0. The van der Waals surface area contributed by atoms with E-state index < -0.39 is 5.91 Å². The Kier molecular flexibility index (Phi) is 5.07. The average molecular weight is 343 g/mol. The molecule has 0 fully saturated rings. The van der Waals surface area contributed by atoms with Gasteiger partial charge in [0.15, 0.2) is 0 Å². The summed E-state index contributed by atoms with van der Waals surface area (Å²) in [5.41, 5.74) is 0.575. The second-order valence-electron chi connectivity index (χ2n) is 3.99. The molecule has 5 nitrogen and oxygen atoms in total. The molecule has 21 heavy (non-hydrogen) atoms. The van der Waals surface area contributed by atoms with E-state index in [1.54, 1.807) is 48.7 Å². The molecule has 0 aliphatic rings. The molecule has 104 valence electrons. The molecule has 2 N–H and O–H groups in total.